The first-order valence-electron chi connectivity index (χ1n) is 12.6. The van der Waals surface area contributed by atoms with Crippen LogP contribution in [0.15, 0.2) is 36.4 Å². The molecule has 0 unspecified atom stereocenters. The van der Waals surface area contributed by atoms with Crippen molar-refractivity contribution in [1.82, 2.24) is 0 Å². The zero-order chi connectivity index (χ0) is 25.8. The molecule has 0 saturated carbocycles. The Balaban J connectivity index is 2.93. The standard InChI is InChI=1S/C32H51P/c1-28(2,3)22-16-23(29(4,5)6)19-26(18-22)33(32(13,14)15)27-20-24(30(7,8)9)17-25(21-27)31(10,11)12/h16-21H,1-15H3. The Bertz CT molecular complexity index is 834. The van der Waals surface area contributed by atoms with Crippen LogP contribution in [-0.4, -0.2) is 5.16 Å². The van der Waals surface area contributed by atoms with Gasteiger partial charge >= 0.3 is 0 Å². The maximum atomic E-state index is 2.52. The number of hydrogen-bond acceptors (Lipinski definition) is 0. The molecule has 0 fully saturated rings. The maximum Gasteiger partial charge on any atom is -0.00991 e. The van der Waals surface area contributed by atoms with E-state index in [2.05, 4.69) is 140 Å². The molecule has 2 aromatic rings. The first kappa shape index (κ1) is 28.1. The highest BCUT2D eigenvalue weighted by molar-refractivity contribution is 7.74. The van der Waals surface area contributed by atoms with E-state index >= 15 is 0 Å². The lowest BCUT2D eigenvalue weighted by atomic mass is 9.81. The van der Waals surface area contributed by atoms with E-state index in [1.54, 1.807) is 0 Å². The van der Waals surface area contributed by atoms with E-state index in [9.17, 15) is 0 Å². The predicted molar refractivity (Wildman–Crippen MR) is 154 cm³/mol. The molecule has 2 rings (SSSR count). The van der Waals surface area contributed by atoms with Gasteiger partial charge in [-0.25, -0.2) is 0 Å². The number of hydrogen-bond donors (Lipinski definition) is 0. The third kappa shape index (κ3) is 6.94. The fourth-order valence-electron chi connectivity index (χ4n) is 4.14. The van der Waals surface area contributed by atoms with Crippen molar-refractivity contribution < 1.29 is 0 Å². The Kier molecular flexibility index (Phi) is 7.52. The normalized spacial score (nSPS) is 14.2. The predicted octanol–water partition coefficient (Wildman–Crippen LogP) is 9.11. The van der Waals surface area contributed by atoms with Gasteiger partial charge in [0.05, 0.1) is 0 Å². The second-order valence-electron chi connectivity index (χ2n) is 15.0. The lowest BCUT2D eigenvalue weighted by Gasteiger charge is -2.36. The van der Waals surface area contributed by atoms with E-state index in [4.69, 9.17) is 0 Å². The fourth-order valence-corrected chi connectivity index (χ4v) is 7.06. The quantitative estimate of drug-likeness (QED) is 0.387. The van der Waals surface area contributed by atoms with Gasteiger partial charge in [0.25, 0.3) is 0 Å². The lowest BCUT2D eigenvalue weighted by Crippen LogP contribution is -2.31. The second-order valence-corrected chi connectivity index (χ2v) is 18.1. The van der Waals surface area contributed by atoms with Gasteiger partial charge in [0, 0.05) is 0 Å². The van der Waals surface area contributed by atoms with Crippen molar-refractivity contribution in [2.24, 2.45) is 0 Å². The van der Waals surface area contributed by atoms with Crippen LogP contribution in [0, 0.1) is 0 Å². The molecule has 0 aliphatic heterocycles. The molecule has 2 aromatic carbocycles. The van der Waals surface area contributed by atoms with Crippen LogP contribution in [0.5, 0.6) is 0 Å². The molecule has 0 nitrogen and oxygen atoms in total. The van der Waals surface area contributed by atoms with E-state index < -0.39 is 7.92 Å². The highest BCUT2D eigenvalue weighted by Gasteiger charge is 2.32. The largest absolute Gasteiger partial charge is 0.0561 e. The summed E-state index contributed by atoms with van der Waals surface area (Å²) in [4.78, 5) is 0. The highest BCUT2D eigenvalue weighted by atomic mass is 31.1. The SMILES string of the molecule is CC(C)(C)c1cc(P(c2cc(C(C)(C)C)cc(C(C)(C)C)c2)C(C)(C)C)cc(C(C)(C)C)c1. The zero-order valence-electron chi connectivity index (χ0n) is 24.4. The summed E-state index contributed by atoms with van der Waals surface area (Å²) in [7, 11) is -0.545. The van der Waals surface area contributed by atoms with E-state index in [-0.39, 0.29) is 26.8 Å². The van der Waals surface area contributed by atoms with Gasteiger partial charge in [-0.2, -0.15) is 0 Å². The lowest BCUT2D eigenvalue weighted by molar-refractivity contribution is 0.569. The summed E-state index contributed by atoms with van der Waals surface area (Å²) in [6.07, 6.45) is 0. The van der Waals surface area contributed by atoms with E-state index in [0.717, 1.165) is 0 Å². The molecular weight excluding hydrogens is 415 g/mol. The maximum absolute atomic E-state index is 2.52. The molecule has 0 aliphatic rings. The highest BCUT2D eigenvalue weighted by Crippen LogP contribution is 2.49. The van der Waals surface area contributed by atoms with E-state index in [1.807, 2.05) is 0 Å². The Hall–Kier alpha value is -1.13. The minimum absolute atomic E-state index is 0.124. The van der Waals surface area contributed by atoms with Crippen molar-refractivity contribution in [2.45, 2.75) is 131 Å². The Morgan fingerprint density at radius 3 is 0.727 bits per heavy atom. The average Bonchev–Trinajstić information content (AvgIpc) is 2.57. The monoisotopic (exact) mass is 466 g/mol. The van der Waals surface area contributed by atoms with Gasteiger partial charge in [-0.05, 0) is 67.6 Å². The third-order valence-electron chi connectivity index (χ3n) is 6.49. The van der Waals surface area contributed by atoms with Crippen LogP contribution in [0.3, 0.4) is 0 Å². The summed E-state index contributed by atoms with van der Waals surface area (Å²) in [6, 6.07) is 15.0. The molecule has 0 amide bonds. The molecule has 0 aliphatic carbocycles. The summed E-state index contributed by atoms with van der Waals surface area (Å²) < 4.78 is 0. The first-order chi connectivity index (χ1) is 14.5. The summed E-state index contributed by atoms with van der Waals surface area (Å²) in [6.45, 7) is 35.4. The molecular formula is C32H51P. The molecule has 0 aromatic heterocycles. The van der Waals surface area contributed by atoms with Gasteiger partial charge in [0.15, 0.2) is 0 Å². The van der Waals surface area contributed by atoms with Crippen molar-refractivity contribution in [1.29, 1.82) is 0 Å². The molecule has 0 N–H and O–H groups in total. The third-order valence-corrected chi connectivity index (χ3v) is 9.38. The van der Waals surface area contributed by atoms with Gasteiger partial charge in [-0.3, -0.25) is 0 Å². The van der Waals surface area contributed by atoms with Crippen LogP contribution in [0.2, 0.25) is 0 Å². The second kappa shape index (κ2) is 8.82. The Morgan fingerprint density at radius 1 is 0.364 bits per heavy atom. The summed E-state index contributed by atoms with van der Waals surface area (Å²) in [5.41, 5.74) is 6.29. The minimum atomic E-state index is -0.545. The molecule has 0 atom stereocenters. The smallest absolute Gasteiger partial charge is 0.00991 e. The van der Waals surface area contributed by atoms with E-state index in [0.29, 0.717) is 0 Å². The van der Waals surface area contributed by atoms with Crippen LogP contribution in [0.1, 0.15) is 126 Å². The van der Waals surface area contributed by atoms with Crippen molar-refractivity contribution in [3.05, 3.63) is 58.7 Å². The average molecular weight is 467 g/mol. The fraction of sp³-hybridized carbons (Fsp3) is 0.625. The number of benzene rings is 2. The van der Waals surface area contributed by atoms with Crippen LogP contribution >= 0.6 is 7.92 Å². The number of rotatable bonds is 2. The van der Waals surface area contributed by atoms with Crippen LogP contribution in [0.4, 0.5) is 0 Å². The van der Waals surface area contributed by atoms with Crippen LogP contribution in [0.25, 0.3) is 0 Å². The zero-order valence-corrected chi connectivity index (χ0v) is 25.3. The molecule has 0 heterocycles. The van der Waals surface area contributed by atoms with Crippen molar-refractivity contribution >= 4 is 18.5 Å². The van der Waals surface area contributed by atoms with Crippen molar-refractivity contribution in [3.63, 3.8) is 0 Å². The van der Waals surface area contributed by atoms with Gasteiger partial charge in [0.2, 0.25) is 0 Å². The topological polar surface area (TPSA) is 0 Å². The van der Waals surface area contributed by atoms with E-state index in [1.165, 1.54) is 32.9 Å². The molecule has 0 spiro atoms. The van der Waals surface area contributed by atoms with Gasteiger partial charge in [-0.1, -0.05) is 140 Å². The van der Waals surface area contributed by atoms with Gasteiger partial charge in [-0.15, -0.1) is 0 Å². The first-order valence-corrected chi connectivity index (χ1v) is 14.0. The van der Waals surface area contributed by atoms with Gasteiger partial charge in [0.1, 0.15) is 0 Å². The summed E-state index contributed by atoms with van der Waals surface area (Å²) in [5, 5.41) is 3.19. The summed E-state index contributed by atoms with van der Waals surface area (Å²) >= 11 is 0. The van der Waals surface area contributed by atoms with Crippen molar-refractivity contribution in [3.8, 4) is 0 Å². The van der Waals surface area contributed by atoms with Crippen LogP contribution < -0.4 is 10.6 Å². The molecule has 33 heavy (non-hydrogen) atoms. The molecule has 0 bridgehead atoms. The molecule has 0 saturated heterocycles. The van der Waals surface area contributed by atoms with Crippen LogP contribution in [-0.2, 0) is 21.7 Å². The molecule has 184 valence electrons. The summed E-state index contributed by atoms with van der Waals surface area (Å²) in [5.74, 6) is 0. The van der Waals surface area contributed by atoms with Crippen molar-refractivity contribution in [2.75, 3.05) is 0 Å². The van der Waals surface area contributed by atoms with Gasteiger partial charge < -0.3 is 0 Å². The molecule has 1 heteroatoms. The molecule has 0 radical (unpaired) electrons. The minimum Gasteiger partial charge on any atom is -0.0561 e. The Morgan fingerprint density at radius 2 is 0.576 bits per heavy atom. The Labute approximate surface area is 207 Å².